The highest BCUT2D eigenvalue weighted by Gasteiger charge is 2.09. The molecule has 1 aromatic rings. The molecule has 0 aliphatic rings. The topological polar surface area (TPSA) is 59.0 Å². The lowest BCUT2D eigenvalue weighted by Crippen LogP contribution is -2.37. The van der Waals surface area contributed by atoms with Gasteiger partial charge in [-0.3, -0.25) is 4.90 Å². The molecule has 0 fully saturated rings. The van der Waals surface area contributed by atoms with Crippen LogP contribution in [0.25, 0.3) is 0 Å². The van der Waals surface area contributed by atoms with Gasteiger partial charge in [0.05, 0.1) is 12.2 Å². The van der Waals surface area contributed by atoms with Crippen LogP contribution in [-0.4, -0.2) is 55.4 Å². The van der Waals surface area contributed by atoms with E-state index in [0.29, 0.717) is 25.0 Å². The third-order valence-corrected chi connectivity index (χ3v) is 3.06. The van der Waals surface area contributed by atoms with Crippen LogP contribution in [0.4, 0.5) is 0 Å². The monoisotopic (exact) mass is 281 g/mol. The molecule has 5 nitrogen and oxygen atoms in total. The number of nitrogens with zero attached hydrogens (tertiary/aromatic N) is 1. The number of hydrogen-bond donors (Lipinski definition) is 1. The van der Waals surface area contributed by atoms with Crippen molar-refractivity contribution in [2.45, 2.75) is 19.9 Å². The molecule has 0 saturated heterocycles. The van der Waals surface area contributed by atoms with E-state index < -0.39 is 5.97 Å². The summed E-state index contributed by atoms with van der Waals surface area (Å²) < 4.78 is 10.7. The van der Waals surface area contributed by atoms with Gasteiger partial charge in [-0.1, -0.05) is 0 Å². The minimum absolute atomic E-state index is 0.265. The van der Waals surface area contributed by atoms with Crippen molar-refractivity contribution < 1.29 is 19.4 Å². The van der Waals surface area contributed by atoms with Crippen molar-refractivity contribution in [3.8, 4) is 5.75 Å². The van der Waals surface area contributed by atoms with Crippen LogP contribution < -0.4 is 4.74 Å². The average molecular weight is 281 g/mol. The van der Waals surface area contributed by atoms with Crippen molar-refractivity contribution >= 4 is 5.97 Å². The van der Waals surface area contributed by atoms with Gasteiger partial charge in [-0.05, 0) is 38.1 Å². The summed E-state index contributed by atoms with van der Waals surface area (Å²) in [6.07, 6.45) is 0. The maximum absolute atomic E-state index is 10.7. The van der Waals surface area contributed by atoms with Crippen molar-refractivity contribution in [1.29, 1.82) is 0 Å². The van der Waals surface area contributed by atoms with Gasteiger partial charge in [-0.25, -0.2) is 4.79 Å². The fourth-order valence-corrected chi connectivity index (χ4v) is 1.81. The highest BCUT2D eigenvalue weighted by atomic mass is 16.5. The van der Waals surface area contributed by atoms with Gasteiger partial charge >= 0.3 is 5.97 Å². The van der Waals surface area contributed by atoms with Crippen molar-refractivity contribution in [2.75, 3.05) is 33.4 Å². The summed E-state index contributed by atoms with van der Waals surface area (Å²) in [4.78, 5) is 13.0. The highest BCUT2D eigenvalue weighted by molar-refractivity contribution is 5.87. The van der Waals surface area contributed by atoms with E-state index >= 15 is 0 Å². The first-order chi connectivity index (χ1) is 9.54. The smallest absolute Gasteiger partial charge is 0.335 e. The summed E-state index contributed by atoms with van der Waals surface area (Å²) in [5.41, 5.74) is 0.265. The third kappa shape index (κ3) is 5.59. The van der Waals surface area contributed by atoms with Gasteiger partial charge in [0, 0.05) is 26.2 Å². The number of methoxy groups -OCH3 is 1. The Kier molecular flexibility index (Phi) is 7.04. The van der Waals surface area contributed by atoms with Crippen LogP contribution in [0, 0.1) is 0 Å². The van der Waals surface area contributed by atoms with Crippen LogP contribution in [0.2, 0.25) is 0 Å². The Morgan fingerprint density at radius 1 is 1.20 bits per heavy atom. The quantitative estimate of drug-likeness (QED) is 0.751. The van der Waals surface area contributed by atoms with Gasteiger partial charge in [0.1, 0.15) is 12.4 Å². The first-order valence-electron chi connectivity index (χ1n) is 6.73. The van der Waals surface area contributed by atoms with Crippen LogP contribution in [0.15, 0.2) is 24.3 Å². The van der Waals surface area contributed by atoms with E-state index in [1.807, 2.05) is 0 Å². The van der Waals surface area contributed by atoms with Crippen molar-refractivity contribution in [2.24, 2.45) is 0 Å². The lowest BCUT2D eigenvalue weighted by atomic mass is 10.2. The second-order valence-corrected chi connectivity index (χ2v) is 4.80. The van der Waals surface area contributed by atoms with Crippen molar-refractivity contribution in [3.63, 3.8) is 0 Å². The van der Waals surface area contributed by atoms with E-state index in [1.165, 1.54) is 0 Å². The lowest BCUT2D eigenvalue weighted by molar-refractivity contribution is 0.0697. The normalized spacial score (nSPS) is 11.1. The number of rotatable bonds is 9. The average Bonchev–Trinajstić information content (AvgIpc) is 2.42. The Morgan fingerprint density at radius 2 is 1.80 bits per heavy atom. The van der Waals surface area contributed by atoms with Crippen LogP contribution in [0.3, 0.4) is 0 Å². The predicted molar refractivity (Wildman–Crippen MR) is 77.5 cm³/mol. The van der Waals surface area contributed by atoms with E-state index in [1.54, 1.807) is 31.4 Å². The molecule has 1 rings (SSSR count). The highest BCUT2D eigenvalue weighted by Crippen LogP contribution is 2.12. The molecule has 1 aromatic carbocycles. The van der Waals surface area contributed by atoms with Gasteiger partial charge in [0.2, 0.25) is 0 Å². The molecule has 5 heteroatoms. The number of carboxylic acids is 1. The SMILES string of the molecule is COCCN(CCOc1ccc(C(=O)O)cc1)C(C)C. The molecule has 0 saturated carbocycles. The summed E-state index contributed by atoms with van der Waals surface area (Å²) in [5.74, 6) is -0.243. The Bertz CT molecular complexity index is 403. The van der Waals surface area contributed by atoms with Gasteiger partial charge < -0.3 is 14.6 Å². The molecule has 0 aliphatic carbocycles. The first-order valence-corrected chi connectivity index (χ1v) is 6.73. The lowest BCUT2D eigenvalue weighted by Gasteiger charge is -2.25. The molecule has 0 heterocycles. The van der Waals surface area contributed by atoms with E-state index in [2.05, 4.69) is 18.7 Å². The van der Waals surface area contributed by atoms with Crippen LogP contribution >= 0.6 is 0 Å². The largest absolute Gasteiger partial charge is 0.492 e. The molecule has 0 radical (unpaired) electrons. The first kappa shape index (κ1) is 16.5. The number of hydrogen-bond acceptors (Lipinski definition) is 4. The summed E-state index contributed by atoms with van der Waals surface area (Å²) in [6, 6.07) is 6.88. The zero-order valence-corrected chi connectivity index (χ0v) is 12.3. The molecule has 0 spiro atoms. The molecule has 1 N–H and O–H groups in total. The van der Waals surface area contributed by atoms with Crippen molar-refractivity contribution in [3.05, 3.63) is 29.8 Å². The van der Waals surface area contributed by atoms with Crippen LogP contribution in [-0.2, 0) is 4.74 Å². The molecule has 0 aromatic heterocycles. The number of aromatic carboxylic acids is 1. The second-order valence-electron chi connectivity index (χ2n) is 4.80. The minimum atomic E-state index is -0.929. The summed E-state index contributed by atoms with van der Waals surface area (Å²) in [7, 11) is 1.69. The maximum atomic E-state index is 10.7. The zero-order valence-electron chi connectivity index (χ0n) is 12.3. The number of ether oxygens (including phenoxy) is 2. The summed E-state index contributed by atoms with van der Waals surface area (Å²) in [5, 5.41) is 8.81. The molecule has 0 amide bonds. The van der Waals surface area contributed by atoms with E-state index in [4.69, 9.17) is 14.6 Å². The Morgan fingerprint density at radius 3 is 2.30 bits per heavy atom. The second kappa shape index (κ2) is 8.55. The molecule has 0 atom stereocenters. The third-order valence-electron chi connectivity index (χ3n) is 3.06. The zero-order chi connectivity index (χ0) is 15.0. The Hall–Kier alpha value is -1.59. The van der Waals surface area contributed by atoms with Gasteiger partial charge in [-0.2, -0.15) is 0 Å². The molecule has 0 bridgehead atoms. The molecule has 0 unspecified atom stereocenters. The standard InChI is InChI=1S/C15H23NO4/c1-12(2)16(8-10-19-3)9-11-20-14-6-4-13(5-7-14)15(17)18/h4-7,12H,8-11H2,1-3H3,(H,17,18). The van der Waals surface area contributed by atoms with E-state index in [0.717, 1.165) is 13.1 Å². The minimum Gasteiger partial charge on any atom is -0.492 e. The Labute approximate surface area is 120 Å². The number of carboxylic acid groups (broad SMARTS) is 1. The van der Waals surface area contributed by atoms with Crippen molar-refractivity contribution in [1.82, 2.24) is 4.90 Å². The number of carbonyl (C=O) groups is 1. The molecular weight excluding hydrogens is 258 g/mol. The fraction of sp³-hybridized carbons (Fsp3) is 0.533. The molecule has 0 aliphatic heterocycles. The van der Waals surface area contributed by atoms with Gasteiger partial charge in [-0.15, -0.1) is 0 Å². The number of benzene rings is 1. The maximum Gasteiger partial charge on any atom is 0.335 e. The molecule has 112 valence electrons. The fourth-order valence-electron chi connectivity index (χ4n) is 1.81. The van der Waals surface area contributed by atoms with Gasteiger partial charge in [0.25, 0.3) is 0 Å². The van der Waals surface area contributed by atoms with Crippen LogP contribution in [0.5, 0.6) is 5.75 Å². The summed E-state index contributed by atoms with van der Waals surface area (Å²) in [6.45, 7) is 7.21. The predicted octanol–water partition coefficient (Wildman–Crippen LogP) is 2.12. The van der Waals surface area contributed by atoms with E-state index in [9.17, 15) is 4.79 Å². The van der Waals surface area contributed by atoms with E-state index in [-0.39, 0.29) is 5.56 Å². The molecular formula is C15H23NO4. The van der Waals surface area contributed by atoms with Gasteiger partial charge in [0.15, 0.2) is 0 Å². The van der Waals surface area contributed by atoms with Crippen LogP contribution in [0.1, 0.15) is 24.2 Å². The summed E-state index contributed by atoms with van der Waals surface area (Å²) >= 11 is 0. The molecule has 20 heavy (non-hydrogen) atoms. The Balaban J connectivity index is 2.40.